The highest BCUT2D eigenvalue weighted by atomic mass is 16.7. The van der Waals surface area contributed by atoms with Crippen molar-refractivity contribution in [3.63, 3.8) is 0 Å². The average molecular weight is 307 g/mol. The second-order valence-electron chi connectivity index (χ2n) is 8.82. The quantitative estimate of drug-likeness (QED) is 0.791. The van der Waals surface area contributed by atoms with E-state index in [4.69, 9.17) is 9.47 Å². The Labute approximate surface area is 135 Å². The minimum atomic E-state index is 0.0680. The van der Waals surface area contributed by atoms with Crippen molar-refractivity contribution in [2.75, 3.05) is 26.2 Å². The first-order valence-corrected chi connectivity index (χ1v) is 9.62. The van der Waals surface area contributed by atoms with Crippen molar-refractivity contribution in [1.82, 2.24) is 4.90 Å². The van der Waals surface area contributed by atoms with Gasteiger partial charge in [-0.15, -0.1) is 0 Å². The molecule has 0 spiro atoms. The summed E-state index contributed by atoms with van der Waals surface area (Å²) in [7, 11) is 0. The van der Waals surface area contributed by atoms with E-state index in [9.17, 15) is 0 Å². The van der Waals surface area contributed by atoms with Crippen LogP contribution in [0.5, 0.6) is 0 Å². The van der Waals surface area contributed by atoms with E-state index in [-0.39, 0.29) is 6.29 Å². The van der Waals surface area contributed by atoms with Crippen LogP contribution in [0.4, 0.5) is 0 Å². The van der Waals surface area contributed by atoms with Crippen LogP contribution in [0.15, 0.2) is 0 Å². The van der Waals surface area contributed by atoms with Crippen LogP contribution in [0.3, 0.4) is 0 Å². The summed E-state index contributed by atoms with van der Waals surface area (Å²) in [5, 5.41) is 0. The molecule has 0 unspecified atom stereocenters. The molecule has 2 saturated carbocycles. The zero-order chi connectivity index (χ0) is 15.2. The van der Waals surface area contributed by atoms with Crippen molar-refractivity contribution in [2.24, 2.45) is 23.2 Å². The molecule has 0 aromatic heterocycles. The smallest absolute Gasteiger partial charge is 0.158 e. The number of ether oxygens (including phenoxy) is 2. The predicted octanol–water partition coefficient (Wildman–Crippen LogP) is 3.68. The molecule has 4 fully saturated rings. The molecule has 22 heavy (non-hydrogen) atoms. The molecule has 2 saturated heterocycles. The van der Waals surface area contributed by atoms with Crippen molar-refractivity contribution >= 4 is 0 Å². The summed E-state index contributed by atoms with van der Waals surface area (Å²) in [6.07, 6.45) is 9.99. The van der Waals surface area contributed by atoms with Crippen molar-refractivity contribution in [3.8, 4) is 0 Å². The van der Waals surface area contributed by atoms with E-state index in [1.165, 1.54) is 51.6 Å². The van der Waals surface area contributed by atoms with Crippen LogP contribution in [0.2, 0.25) is 0 Å². The second-order valence-corrected chi connectivity index (χ2v) is 8.82. The largest absolute Gasteiger partial charge is 0.350 e. The van der Waals surface area contributed by atoms with Crippen LogP contribution in [0, 0.1) is 23.2 Å². The van der Waals surface area contributed by atoms with Crippen molar-refractivity contribution in [1.29, 1.82) is 0 Å². The second kappa shape index (κ2) is 6.07. The average Bonchev–Trinajstić information content (AvgIpc) is 3.19. The highest BCUT2D eigenvalue weighted by Gasteiger charge is 2.53. The number of nitrogens with zero attached hydrogens (tertiary/aromatic N) is 1. The first kappa shape index (κ1) is 15.4. The molecule has 2 aliphatic carbocycles. The molecule has 0 N–H and O–H groups in total. The molecule has 2 bridgehead atoms. The van der Waals surface area contributed by atoms with E-state index in [2.05, 4.69) is 18.7 Å². The third-order valence-corrected chi connectivity index (χ3v) is 7.22. The van der Waals surface area contributed by atoms with Gasteiger partial charge in [-0.05, 0) is 68.4 Å². The number of fused-ring (bicyclic) bond motifs is 2. The van der Waals surface area contributed by atoms with Gasteiger partial charge in [0.2, 0.25) is 0 Å². The van der Waals surface area contributed by atoms with Crippen molar-refractivity contribution in [3.05, 3.63) is 0 Å². The third kappa shape index (κ3) is 2.85. The van der Waals surface area contributed by atoms with Gasteiger partial charge in [-0.1, -0.05) is 20.3 Å². The Bertz CT molecular complexity index is 391. The summed E-state index contributed by atoms with van der Waals surface area (Å²) in [5.74, 6) is 2.70. The van der Waals surface area contributed by atoms with Gasteiger partial charge in [0.05, 0.1) is 12.7 Å². The lowest BCUT2D eigenvalue weighted by Crippen LogP contribution is -2.38. The highest BCUT2D eigenvalue weighted by Crippen LogP contribution is 2.60. The van der Waals surface area contributed by atoms with Crippen LogP contribution in [0.25, 0.3) is 0 Å². The lowest BCUT2D eigenvalue weighted by Gasteiger charge is -2.39. The molecule has 0 aromatic carbocycles. The highest BCUT2D eigenvalue weighted by molar-refractivity contribution is 5.02. The van der Waals surface area contributed by atoms with E-state index in [0.29, 0.717) is 11.5 Å². The maximum atomic E-state index is 6.26. The van der Waals surface area contributed by atoms with Gasteiger partial charge in [-0.2, -0.15) is 0 Å². The van der Waals surface area contributed by atoms with E-state index in [1.807, 2.05) is 0 Å². The molecule has 5 atom stereocenters. The van der Waals surface area contributed by atoms with Gasteiger partial charge in [-0.3, -0.25) is 0 Å². The van der Waals surface area contributed by atoms with E-state index in [1.54, 1.807) is 0 Å². The molecule has 3 nitrogen and oxygen atoms in total. The van der Waals surface area contributed by atoms with Crippen LogP contribution in [-0.4, -0.2) is 43.5 Å². The fourth-order valence-electron chi connectivity index (χ4n) is 5.83. The third-order valence-electron chi connectivity index (χ3n) is 7.22. The topological polar surface area (TPSA) is 21.7 Å². The molecule has 0 amide bonds. The Morgan fingerprint density at radius 3 is 2.64 bits per heavy atom. The van der Waals surface area contributed by atoms with Crippen LogP contribution in [0.1, 0.15) is 58.8 Å². The first-order valence-electron chi connectivity index (χ1n) is 9.62. The summed E-state index contributed by atoms with van der Waals surface area (Å²) in [6, 6.07) is 0. The molecule has 4 rings (SSSR count). The fraction of sp³-hybridized carbons (Fsp3) is 1.00. The SMILES string of the molecule is CC1(C)[C@H]2CC[C@H](C2)[C@@H]1C[C@H]1OC[C@@H](CN2CCCCC2)O1. The van der Waals surface area contributed by atoms with Gasteiger partial charge < -0.3 is 14.4 Å². The number of likely N-dealkylation sites (tertiary alicyclic amines) is 1. The number of hydrogen-bond donors (Lipinski definition) is 0. The summed E-state index contributed by atoms with van der Waals surface area (Å²) in [6.45, 7) is 9.37. The van der Waals surface area contributed by atoms with Gasteiger partial charge in [0.15, 0.2) is 6.29 Å². The molecular formula is C19H33NO2. The molecule has 2 heterocycles. The molecule has 3 heteroatoms. The lowest BCUT2D eigenvalue weighted by atomic mass is 9.67. The van der Waals surface area contributed by atoms with E-state index < -0.39 is 0 Å². The minimum Gasteiger partial charge on any atom is -0.350 e. The van der Waals surface area contributed by atoms with Gasteiger partial charge >= 0.3 is 0 Å². The molecule has 0 aromatic rings. The zero-order valence-corrected chi connectivity index (χ0v) is 14.4. The number of rotatable bonds is 4. The Morgan fingerprint density at radius 1 is 1.09 bits per heavy atom. The molecule has 2 aliphatic heterocycles. The normalized spacial score (nSPS) is 44.7. The Morgan fingerprint density at radius 2 is 1.91 bits per heavy atom. The summed E-state index contributed by atoms with van der Waals surface area (Å²) < 4.78 is 12.3. The molecule has 4 aliphatic rings. The first-order chi connectivity index (χ1) is 10.6. The summed E-state index contributed by atoms with van der Waals surface area (Å²) in [4.78, 5) is 2.57. The molecule has 126 valence electrons. The minimum absolute atomic E-state index is 0.0680. The van der Waals surface area contributed by atoms with Crippen LogP contribution >= 0.6 is 0 Å². The Hall–Kier alpha value is -0.120. The van der Waals surface area contributed by atoms with E-state index >= 15 is 0 Å². The van der Waals surface area contributed by atoms with Crippen molar-refractivity contribution in [2.45, 2.75) is 71.2 Å². The van der Waals surface area contributed by atoms with Gasteiger partial charge in [0, 0.05) is 13.0 Å². The molecule has 0 radical (unpaired) electrons. The monoisotopic (exact) mass is 307 g/mol. The maximum absolute atomic E-state index is 6.26. The van der Waals surface area contributed by atoms with Crippen LogP contribution in [-0.2, 0) is 9.47 Å². The Kier molecular flexibility index (Phi) is 4.25. The standard InChI is InChI=1S/C19H33NO2/c1-19(2)15-7-6-14(10-15)17(19)11-18-21-13-16(22-18)12-20-8-4-3-5-9-20/h14-18H,3-13H2,1-2H3/t14-,15+,16-,17+,18+/m1/s1. The van der Waals surface area contributed by atoms with Gasteiger partial charge in [0.25, 0.3) is 0 Å². The van der Waals surface area contributed by atoms with Gasteiger partial charge in [0.1, 0.15) is 0 Å². The van der Waals surface area contributed by atoms with Gasteiger partial charge in [-0.25, -0.2) is 0 Å². The zero-order valence-electron chi connectivity index (χ0n) is 14.4. The van der Waals surface area contributed by atoms with Crippen LogP contribution < -0.4 is 0 Å². The fourth-order valence-corrected chi connectivity index (χ4v) is 5.83. The lowest BCUT2D eigenvalue weighted by molar-refractivity contribution is -0.0909. The molecular weight excluding hydrogens is 274 g/mol. The van der Waals surface area contributed by atoms with Crippen molar-refractivity contribution < 1.29 is 9.47 Å². The number of hydrogen-bond acceptors (Lipinski definition) is 3. The number of piperidine rings is 1. The van der Waals surface area contributed by atoms with E-state index in [0.717, 1.165) is 37.3 Å². The predicted molar refractivity (Wildman–Crippen MR) is 87.6 cm³/mol. The maximum Gasteiger partial charge on any atom is 0.158 e. The summed E-state index contributed by atoms with van der Waals surface area (Å²) in [5.41, 5.74) is 0.501. The Balaban J connectivity index is 1.28. The summed E-state index contributed by atoms with van der Waals surface area (Å²) >= 11 is 0.